The number of rotatable bonds is 3. The van der Waals surface area contributed by atoms with E-state index >= 15 is 0 Å². The van der Waals surface area contributed by atoms with Crippen LogP contribution in [0, 0.1) is 11.2 Å². The van der Waals surface area contributed by atoms with Crippen LogP contribution in [0.2, 0.25) is 0 Å². The van der Waals surface area contributed by atoms with Gasteiger partial charge >= 0.3 is 0 Å². The molecule has 1 heterocycles. The summed E-state index contributed by atoms with van der Waals surface area (Å²) in [7, 11) is 0. The van der Waals surface area contributed by atoms with Gasteiger partial charge in [0.05, 0.1) is 0 Å². The molecule has 0 aromatic heterocycles. The van der Waals surface area contributed by atoms with Gasteiger partial charge in [0.25, 0.3) is 0 Å². The van der Waals surface area contributed by atoms with Crippen molar-refractivity contribution in [2.24, 2.45) is 5.41 Å². The van der Waals surface area contributed by atoms with Gasteiger partial charge in [-0.1, -0.05) is 49.7 Å². The maximum absolute atomic E-state index is 14.1. The maximum atomic E-state index is 14.1. The fraction of sp³-hybridized carbons (Fsp3) is 0.647. The Hall–Kier alpha value is -0.450. The van der Waals surface area contributed by atoms with Gasteiger partial charge in [-0.2, -0.15) is 0 Å². The molecular formula is C17H26BrFN2. The Kier molecular flexibility index (Phi) is 5.44. The second-order valence-electron chi connectivity index (χ2n) is 7.06. The SMILES string of the molecule is CCC1CN(Cc2ccc(Br)cc2F)C(C(C)(C)C)CN1. The van der Waals surface area contributed by atoms with E-state index in [1.54, 1.807) is 6.07 Å². The van der Waals surface area contributed by atoms with Gasteiger partial charge in [-0.05, 0) is 24.0 Å². The molecule has 1 aliphatic rings. The van der Waals surface area contributed by atoms with Crippen molar-refractivity contribution in [1.29, 1.82) is 0 Å². The first-order chi connectivity index (χ1) is 9.81. The average Bonchev–Trinajstić information content (AvgIpc) is 2.40. The Balaban J connectivity index is 2.19. The lowest BCUT2D eigenvalue weighted by molar-refractivity contribution is 0.0477. The minimum absolute atomic E-state index is 0.122. The molecule has 4 heteroatoms. The molecule has 0 amide bonds. The Morgan fingerprint density at radius 3 is 2.67 bits per heavy atom. The summed E-state index contributed by atoms with van der Waals surface area (Å²) in [5, 5.41) is 3.62. The second kappa shape index (κ2) is 6.76. The summed E-state index contributed by atoms with van der Waals surface area (Å²) < 4.78 is 14.9. The van der Waals surface area contributed by atoms with Gasteiger partial charge in [0.1, 0.15) is 5.82 Å². The smallest absolute Gasteiger partial charge is 0.128 e. The van der Waals surface area contributed by atoms with Crippen molar-refractivity contribution in [3.8, 4) is 0 Å². The molecular weight excluding hydrogens is 331 g/mol. The van der Waals surface area contributed by atoms with Crippen LogP contribution >= 0.6 is 15.9 Å². The Bertz CT molecular complexity index is 484. The quantitative estimate of drug-likeness (QED) is 0.873. The van der Waals surface area contributed by atoms with E-state index in [-0.39, 0.29) is 11.2 Å². The van der Waals surface area contributed by atoms with E-state index in [4.69, 9.17) is 0 Å². The molecule has 0 saturated carbocycles. The number of nitrogens with one attached hydrogen (secondary N) is 1. The van der Waals surface area contributed by atoms with E-state index in [1.165, 1.54) is 0 Å². The van der Waals surface area contributed by atoms with Crippen LogP contribution in [-0.4, -0.2) is 30.1 Å². The minimum atomic E-state index is -0.122. The van der Waals surface area contributed by atoms with Crippen LogP contribution in [0.5, 0.6) is 0 Å². The summed E-state index contributed by atoms with van der Waals surface area (Å²) in [5.41, 5.74) is 0.960. The lowest BCUT2D eigenvalue weighted by Crippen LogP contribution is -2.60. The van der Waals surface area contributed by atoms with Crippen molar-refractivity contribution in [2.75, 3.05) is 13.1 Å². The summed E-state index contributed by atoms with van der Waals surface area (Å²) in [6.07, 6.45) is 1.11. The third-order valence-corrected chi connectivity index (χ3v) is 4.87. The molecule has 1 fully saturated rings. The average molecular weight is 357 g/mol. The number of nitrogens with zero attached hydrogens (tertiary/aromatic N) is 1. The van der Waals surface area contributed by atoms with Crippen molar-refractivity contribution in [2.45, 2.75) is 52.7 Å². The lowest BCUT2D eigenvalue weighted by atomic mass is 9.83. The summed E-state index contributed by atoms with van der Waals surface area (Å²) >= 11 is 3.32. The van der Waals surface area contributed by atoms with Gasteiger partial charge in [-0.25, -0.2) is 4.39 Å². The summed E-state index contributed by atoms with van der Waals surface area (Å²) in [4.78, 5) is 2.44. The highest BCUT2D eigenvalue weighted by Crippen LogP contribution is 2.29. The maximum Gasteiger partial charge on any atom is 0.128 e. The fourth-order valence-electron chi connectivity index (χ4n) is 3.05. The zero-order valence-electron chi connectivity index (χ0n) is 13.4. The van der Waals surface area contributed by atoms with Crippen LogP contribution in [0.4, 0.5) is 4.39 Å². The first kappa shape index (κ1) is 16.9. The standard InChI is InChI=1S/C17H26BrFN2/c1-5-14-11-21(16(9-20-14)17(2,3)4)10-12-6-7-13(18)8-15(12)19/h6-8,14,16,20H,5,9-11H2,1-4H3. The molecule has 118 valence electrons. The van der Waals surface area contributed by atoms with Crippen LogP contribution in [0.3, 0.4) is 0 Å². The molecule has 0 radical (unpaired) electrons. The second-order valence-corrected chi connectivity index (χ2v) is 7.98. The third-order valence-electron chi connectivity index (χ3n) is 4.38. The predicted molar refractivity (Wildman–Crippen MR) is 89.8 cm³/mol. The molecule has 2 unspecified atom stereocenters. The van der Waals surface area contributed by atoms with Crippen LogP contribution < -0.4 is 5.32 Å². The number of hydrogen-bond acceptors (Lipinski definition) is 2. The molecule has 2 nitrogen and oxygen atoms in total. The highest BCUT2D eigenvalue weighted by Gasteiger charge is 2.35. The molecule has 2 atom stereocenters. The third kappa shape index (κ3) is 4.27. The highest BCUT2D eigenvalue weighted by atomic mass is 79.9. The van der Waals surface area contributed by atoms with Gasteiger partial charge < -0.3 is 5.32 Å². The monoisotopic (exact) mass is 356 g/mol. The lowest BCUT2D eigenvalue weighted by Gasteiger charge is -2.46. The molecule has 2 rings (SSSR count). The van der Waals surface area contributed by atoms with E-state index in [9.17, 15) is 4.39 Å². The minimum Gasteiger partial charge on any atom is -0.311 e. The number of hydrogen-bond donors (Lipinski definition) is 1. The zero-order valence-corrected chi connectivity index (χ0v) is 15.0. The molecule has 0 spiro atoms. The highest BCUT2D eigenvalue weighted by molar-refractivity contribution is 9.10. The molecule has 0 aliphatic carbocycles. The van der Waals surface area contributed by atoms with Crippen LogP contribution in [0.1, 0.15) is 39.7 Å². The fourth-order valence-corrected chi connectivity index (χ4v) is 3.39. The predicted octanol–water partition coefficient (Wildman–Crippen LogP) is 4.19. The number of piperazine rings is 1. The van der Waals surface area contributed by atoms with Crippen LogP contribution in [0.15, 0.2) is 22.7 Å². The molecule has 1 N–H and O–H groups in total. The molecule has 1 aromatic rings. The van der Waals surface area contributed by atoms with E-state index in [1.807, 2.05) is 12.1 Å². The topological polar surface area (TPSA) is 15.3 Å². The van der Waals surface area contributed by atoms with E-state index in [0.29, 0.717) is 18.6 Å². The first-order valence-electron chi connectivity index (χ1n) is 7.72. The van der Waals surface area contributed by atoms with E-state index < -0.39 is 0 Å². The number of benzene rings is 1. The Morgan fingerprint density at radius 1 is 1.38 bits per heavy atom. The van der Waals surface area contributed by atoms with Gasteiger partial charge in [0, 0.05) is 41.8 Å². The van der Waals surface area contributed by atoms with Crippen LogP contribution in [0.25, 0.3) is 0 Å². The van der Waals surface area contributed by atoms with E-state index in [2.05, 4.69) is 53.8 Å². The zero-order chi connectivity index (χ0) is 15.6. The molecule has 21 heavy (non-hydrogen) atoms. The summed E-state index contributed by atoms with van der Waals surface area (Å²) in [6.45, 7) is 11.6. The summed E-state index contributed by atoms with van der Waals surface area (Å²) in [5.74, 6) is -0.122. The number of halogens is 2. The molecule has 0 bridgehead atoms. The van der Waals surface area contributed by atoms with Gasteiger partial charge in [-0.15, -0.1) is 0 Å². The van der Waals surface area contributed by atoms with Gasteiger partial charge in [-0.3, -0.25) is 4.90 Å². The largest absolute Gasteiger partial charge is 0.311 e. The molecule has 1 aromatic carbocycles. The summed E-state index contributed by atoms with van der Waals surface area (Å²) in [6, 6.07) is 6.29. The van der Waals surface area contributed by atoms with Crippen molar-refractivity contribution in [3.05, 3.63) is 34.1 Å². The van der Waals surface area contributed by atoms with Crippen molar-refractivity contribution in [1.82, 2.24) is 10.2 Å². The van der Waals surface area contributed by atoms with Crippen molar-refractivity contribution >= 4 is 15.9 Å². The normalized spacial score (nSPS) is 24.3. The first-order valence-corrected chi connectivity index (χ1v) is 8.52. The van der Waals surface area contributed by atoms with Gasteiger partial charge in [0.2, 0.25) is 0 Å². The van der Waals surface area contributed by atoms with E-state index in [0.717, 1.165) is 29.5 Å². The Morgan fingerprint density at radius 2 is 2.10 bits per heavy atom. The van der Waals surface area contributed by atoms with Gasteiger partial charge in [0.15, 0.2) is 0 Å². The van der Waals surface area contributed by atoms with Crippen molar-refractivity contribution in [3.63, 3.8) is 0 Å². The molecule has 1 saturated heterocycles. The van der Waals surface area contributed by atoms with Crippen LogP contribution in [-0.2, 0) is 6.54 Å². The molecule has 1 aliphatic heterocycles. The van der Waals surface area contributed by atoms with Crippen molar-refractivity contribution < 1.29 is 4.39 Å². The Labute approximate surface area is 136 Å².